The van der Waals surface area contributed by atoms with E-state index in [1.807, 2.05) is 78.9 Å². The maximum atomic E-state index is 13.7. The lowest BCUT2D eigenvalue weighted by atomic mass is 9.96. The number of anilines is 1. The van der Waals surface area contributed by atoms with Gasteiger partial charge < -0.3 is 10.2 Å². The molecule has 1 amide bonds. The summed E-state index contributed by atoms with van der Waals surface area (Å²) in [6.45, 7) is 0.281. The first kappa shape index (κ1) is 23.5. The highest BCUT2D eigenvalue weighted by Gasteiger charge is 2.31. The molecule has 7 heteroatoms. The SMILES string of the molecule is NS(=O)(=O)c1ccc(CN2C(=O)c3ccccc3NC2C=C(c2ccccc2)c2ccccc2)cc1. The third-order valence-corrected chi connectivity index (χ3v) is 7.09. The van der Waals surface area contributed by atoms with Gasteiger partial charge in [0.2, 0.25) is 10.0 Å². The van der Waals surface area contributed by atoms with Gasteiger partial charge in [0.1, 0.15) is 6.17 Å². The fraction of sp³-hybridized carbons (Fsp3) is 0.0690. The van der Waals surface area contributed by atoms with E-state index in [0.717, 1.165) is 28.0 Å². The third-order valence-electron chi connectivity index (χ3n) is 6.16. The maximum Gasteiger partial charge on any atom is 0.258 e. The van der Waals surface area contributed by atoms with Crippen LogP contribution in [0.1, 0.15) is 27.0 Å². The molecule has 3 N–H and O–H groups in total. The standard InChI is InChI=1S/C29H25N3O3S/c30-36(34,35)24-17-15-21(16-18-24)20-32-28(31-27-14-8-7-13-25(27)29(32)33)19-26(22-9-3-1-4-10-22)23-11-5-2-6-12-23/h1-19,28,31H,20H2,(H2,30,34,35). The third kappa shape index (κ3) is 4.93. The van der Waals surface area contributed by atoms with Crippen molar-refractivity contribution < 1.29 is 13.2 Å². The number of nitrogens with zero attached hydrogens (tertiary/aromatic N) is 1. The van der Waals surface area contributed by atoms with E-state index in [1.54, 1.807) is 23.1 Å². The average Bonchev–Trinajstić information content (AvgIpc) is 2.90. The smallest absolute Gasteiger partial charge is 0.258 e. The van der Waals surface area contributed by atoms with Crippen LogP contribution < -0.4 is 10.5 Å². The van der Waals surface area contributed by atoms with E-state index >= 15 is 0 Å². The molecule has 1 unspecified atom stereocenters. The maximum absolute atomic E-state index is 13.7. The lowest BCUT2D eigenvalue weighted by Crippen LogP contribution is -2.47. The zero-order valence-electron chi connectivity index (χ0n) is 19.4. The number of para-hydroxylation sites is 1. The Labute approximate surface area is 210 Å². The lowest BCUT2D eigenvalue weighted by Gasteiger charge is -2.37. The van der Waals surface area contributed by atoms with Crippen molar-refractivity contribution in [1.82, 2.24) is 4.90 Å². The molecule has 0 aliphatic carbocycles. The van der Waals surface area contributed by atoms with Crippen molar-refractivity contribution in [2.45, 2.75) is 17.6 Å². The van der Waals surface area contributed by atoms with Crippen LogP contribution in [0.15, 0.2) is 120 Å². The summed E-state index contributed by atoms with van der Waals surface area (Å²) >= 11 is 0. The Balaban J connectivity index is 1.58. The van der Waals surface area contributed by atoms with Gasteiger partial charge in [-0.25, -0.2) is 13.6 Å². The molecule has 1 heterocycles. The van der Waals surface area contributed by atoms with Crippen molar-refractivity contribution in [2.75, 3.05) is 5.32 Å². The number of amides is 1. The number of carbonyl (C=O) groups excluding carboxylic acids is 1. The fourth-order valence-corrected chi connectivity index (χ4v) is 4.86. The van der Waals surface area contributed by atoms with Crippen LogP contribution >= 0.6 is 0 Å². The molecule has 4 aromatic rings. The number of nitrogens with one attached hydrogen (secondary N) is 1. The second-order valence-corrected chi connectivity index (χ2v) is 10.1. The molecule has 0 saturated carbocycles. The van der Waals surface area contributed by atoms with Crippen molar-refractivity contribution in [3.63, 3.8) is 0 Å². The van der Waals surface area contributed by atoms with Gasteiger partial charge in [0.15, 0.2) is 0 Å². The molecule has 1 aliphatic heterocycles. The summed E-state index contributed by atoms with van der Waals surface area (Å²) in [6, 6.07) is 33.8. The number of sulfonamides is 1. The molecule has 0 aromatic heterocycles. The van der Waals surface area contributed by atoms with Crippen LogP contribution in [0, 0.1) is 0 Å². The minimum atomic E-state index is -3.79. The topological polar surface area (TPSA) is 92.5 Å². The Bertz CT molecular complexity index is 1480. The van der Waals surface area contributed by atoms with E-state index in [-0.39, 0.29) is 17.3 Å². The predicted octanol–water partition coefficient (Wildman–Crippen LogP) is 4.86. The molecule has 5 rings (SSSR count). The van der Waals surface area contributed by atoms with Crippen LogP contribution in [0.4, 0.5) is 5.69 Å². The van der Waals surface area contributed by atoms with E-state index in [2.05, 4.69) is 11.4 Å². The first-order chi connectivity index (χ1) is 17.4. The molecule has 1 atom stereocenters. The summed E-state index contributed by atoms with van der Waals surface area (Å²) in [5.74, 6) is -0.110. The van der Waals surface area contributed by atoms with Crippen molar-refractivity contribution in [3.8, 4) is 0 Å². The molecule has 0 bridgehead atoms. The second-order valence-electron chi connectivity index (χ2n) is 8.57. The Hall–Kier alpha value is -4.20. The van der Waals surface area contributed by atoms with Gasteiger partial charge in [0, 0.05) is 12.2 Å². The minimum Gasteiger partial charge on any atom is -0.361 e. The highest BCUT2D eigenvalue weighted by atomic mass is 32.2. The van der Waals surface area contributed by atoms with Crippen LogP contribution in [0.2, 0.25) is 0 Å². The molecule has 0 fully saturated rings. The number of primary sulfonamides is 1. The molecule has 0 radical (unpaired) electrons. The van der Waals surface area contributed by atoms with Crippen LogP contribution in [-0.4, -0.2) is 25.4 Å². The average molecular weight is 496 g/mol. The van der Waals surface area contributed by atoms with Gasteiger partial charge in [-0.05, 0) is 52.6 Å². The molecule has 4 aromatic carbocycles. The molecular formula is C29H25N3O3S. The van der Waals surface area contributed by atoms with Crippen LogP contribution in [-0.2, 0) is 16.6 Å². The molecule has 6 nitrogen and oxygen atoms in total. The van der Waals surface area contributed by atoms with Gasteiger partial charge in [-0.3, -0.25) is 4.79 Å². The summed E-state index contributed by atoms with van der Waals surface area (Å²) in [5, 5.41) is 8.76. The number of rotatable bonds is 6. The number of benzene rings is 4. The Morgan fingerprint density at radius 3 is 1.94 bits per heavy atom. The first-order valence-electron chi connectivity index (χ1n) is 11.5. The molecule has 180 valence electrons. The van der Waals surface area contributed by atoms with Crippen molar-refractivity contribution in [1.29, 1.82) is 0 Å². The van der Waals surface area contributed by atoms with Crippen molar-refractivity contribution in [2.24, 2.45) is 5.14 Å². The first-order valence-corrected chi connectivity index (χ1v) is 13.1. The van der Waals surface area contributed by atoms with Gasteiger partial charge in [-0.2, -0.15) is 0 Å². The van der Waals surface area contributed by atoms with E-state index in [9.17, 15) is 13.2 Å². The number of nitrogens with two attached hydrogens (primary N) is 1. The summed E-state index contributed by atoms with van der Waals surface area (Å²) in [7, 11) is -3.79. The molecule has 1 aliphatic rings. The number of carbonyl (C=O) groups is 1. The zero-order chi connectivity index (χ0) is 25.1. The minimum absolute atomic E-state index is 0.0339. The zero-order valence-corrected chi connectivity index (χ0v) is 20.2. The van der Waals surface area contributed by atoms with E-state index in [0.29, 0.717) is 5.56 Å². The van der Waals surface area contributed by atoms with Crippen molar-refractivity contribution >= 4 is 27.2 Å². The molecular weight excluding hydrogens is 470 g/mol. The summed E-state index contributed by atoms with van der Waals surface area (Å²) in [4.78, 5) is 15.4. The van der Waals surface area contributed by atoms with Crippen molar-refractivity contribution in [3.05, 3.63) is 138 Å². The Morgan fingerprint density at radius 1 is 0.806 bits per heavy atom. The largest absolute Gasteiger partial charge is 0.361 e. The summed E-state index contributed by atoms with van der Waals surface area (Å²) in [6.07, 6.45) is 1.62. The lowest BCUT2D eigenvalue weighted by molar-refractivity contribution is 0.0703. The van der Waals surface area contributed by atoms with Gasteiger partial charge >= 0.3 is 0 Å². The summed E-state index contributed by atoms with van der Waals surface area (Å²) < 4.78 is 23.3. The fourth-order valence-electron chi connectivity index (χ4n) is 4.35. The van der Waals surface area contributed by atoms with Gasteiger partial charge in [-0.15, -0.1) is 0 Å². The van der Waals surface area contributed by atoms with E-state index in [1.165, 1.54) is 12.1 Å². The summed E-state index contributed by atoms with van der Waals surface area (Å²) in [5.41, 5.74) is 5.21. The van der Waals surface area contributed by atoms with Crippen LogP contribution in [0.5, 0.6) is 0 Å². The quantitative estimate of drug-likeness (QED) is 0.400. The Kier molecular flexibility index (Phi) is 6.41. The highest BCUT2D eigenvalue weighted by Crippen LogP contribution is 2.31. The Morgan fingerprint density at radius 2 is 1.36 bits per heavy atom. The predicted molar refractivity (Wildman–Crippen MR) is 142 cm³/mol. The normalized spacial score (nSPS) is 15.1. The monoisotopic (exact) mass is 495 g/mol. The number of hydrogen-bond acceptors (Lipinski definition) is 4. The molecule has 36 heavy (non-hydrogen) atoms. The van der Waals surface area contributed by atoms with E-state index in [4.69, 9.17) is 5.14 Å². The second kappa shape index (κ2) is 9.81. The van der Waals surface area contributed by atoms with Gasteiger partial charge in [0.25, 0.3) is 5.91 Å². The van der Waals surface area contributed by atoms with Gasteiger partial charge in [0.05, 0.1) is 10.5 Å². The van der Waals surface area contributed by atoms with Crippen LogP contribution in [0.3, 0.4) is 0 Å². The number of hydrogen-bond donors (Lipinski definition) is 2. The highest BCUT2D eigenvalue weighted by molar-refractivity contribution is 7.89. The van der Waals surface area contributed by atoms with E-state index < -0.39 is 16.2 Å². The van der Waals surface area contributed by atoms with Crippen LogP contribution in [0.25, 0.3) is 5.57 Å². The number of fused-ring (bicyclic) bond motifs is 1. The van der Waals surface area contributed by atoms with Gasteiger partial charge in [-0.1, -0.05) is 84.9 Å². The molecule has 0 spiro atoms. The molecule has 0 saturated heterocycles.